The zero-order valence-corrected chi connectivity index (χ0v) is 41.7. The lowest BCUT2D eigenvalue weighted by Gasteiger charge is -2.24. The summed E-state index contributed by atoms with van der Waals surface area (Å²) in [6.45, 7) is 4.34. The Bertz CT molecular complexity index is 1190. The van der Waals surface area contributed by atoms with Crippen LogP contribution >= 0.6 is 7.82 Å². The van der Waals surface area contributed by atoms with Crippen LogP contribution in [-0.4, -0.2) is 74.9 Å². The van der Waals surface area contributed by atoms with Crippen molar-refractivity contribution < 1.29 is 42.1 Å². The van der Waals surface area contributed by atoms with Crippen molar-refractivity contribution in [3.05, 3.63) is 48.6 Å². The second-order valence-electron chi connectivity index (χ2n) is 18.2. The molecule has 0 heterocycles. The molecule has 0 amide bonds. The molecule has 362 valence electrons. The first-order chi connectivity index (χ1) is 30.0. The highest BCUT2D eigenvalue weighted by Gasteiger charge is 2.27. The third-order valence-corrected chi connectivity index (χ3v) is 11.8. The van der Waals surface area contributed by atoms with Gasteiger partial charge in [0.1, 0.15) is 19.8 Å². The summed E-state index contributed by atoms with van der Waals surface area (Å²) in [6.07, 6.45) is 53.1. The average molecular weight is 895 g/mol. The monoisotopic (exact) mass is 895 g/mol. The SMILES string of the molecule is CCC/C=C\C/C=C\CCCCCCCC(=O)OCC(COP(=O)(O)OCC[N+](C)(C)C)OC(=O)CCCCCCCCCCCCCCC/C=C\C/C=C\CCCCCCC. The van der Waals surface area contributed by atoms with E-state index in [9.17, 15) is 19.0 Å². The zero-order valence-electron chi connectivity index (χ0n) is 40.9. The summed E-state index contributed by atoms with van der Waals surface area (Å²) in [5, 5.41) is 0. The number of ether oxygens (including phenoxy) is 2. The summed E-state index contributed by atoms with van der Waals surface area (Å²) in [6, 6.07) is 0. The molecule has 0 saturated carbocycles. The number of carbonyl (C=O) groups is 2. The van der Waals surface area contributed by atoms with Crippen LogP contribution < -0.4 is 0 Å². The van der Waals surface area contributed by atoms with Crippen molar-refractivity contribution in [3.63, 3.8) is 0 Å². The second-order valence-corrected chi connectivity index (χ2v) is 19.6. The molecule has 0 radical (unpaired) electrons. The van der Waals surface area contributed by atoms with E-state index in [0.29, 0.717) is 17.4 Å². The third kappa shape index (κ3) is 47.4. The highest BCUT2D eigenvalue weighted by Crippen LogP contribution is 2.43. The molecule has 0 aliphatic carbocycles. The summed E-state index contributed by atoms with van der Waals surface area (Å²) in [5.41, 5.74) is 0. The Kier molecular flexibility index (Phi) is 42.7. The maximum atomic E-state index is 12.7. The molecule has 62 heavy (non-hydrogen) atoms. The van der Waals surface area contributed by atoms with Gasteiger partial charge in [0.05, 0.1) is 27.7 Å². The number of rotatable bonds is 46. The predicted molar refractivity (Wildman–Crippen MR) is 261 cm³/mol. The number of unbranched alkanes of at least 4 members (excludes halogenated alkanes) is 24. The van der Waals surface area contributed by atoms with Crippen LogP contribution in [0.25, 0.3) is 0 Å². The van der Waals surface area contributed by atoms with Gasteiger partial charge in [0, 0.05) is 12.8 Å². The fraction of sp³-hybridized carbons (Fsp3) is 0.808. The van der Waals surface area contributed by atoms with Gasteiger partial charge in [-0.2, -0.15) is 0 Å². The number of nitrogens with zero attached hydrogens (tertiary/aromatic N) is 1. The number of phosphoric acid groups is 1. The summed E-state index contributed by atoms with van der Waals surface area (Å²) in [4.78, 5) is 35.5. The molecule has 0 aromatic carbocycles. The topological polar surface area (TPSA) is 108 Å². The van der Waals surface area contributed by atoms with Gasteiger partial charge in [0.15, 0.2) is 6.10 Å². The van der Waals surface area contributed by atoms with Gasteiger partial charge in [0.25, 0.3) is 0 Å². The molecule has 0 aromatic rings. The maximum absolute atomic E-state index is 12.7. The van der Waals surface area contributed by atoms with E-state index in [1.165, 1.54) is 109 Å². The number of allylic oxidation sites excluding steroid dienone is 8. The quantitative estimate of drug-likeness (QED) is 0.0212. The van der Waals surface area contributed by atoms with Gasteiger partial charge in [-0.05, 0) is 70.6 Å². The van der Waals surface area contributed by atoms with Crippen LogP contribution in [-0.2, 0) is 32.7 Å². The number of likely N-dealkylation sites (N-methyl/N-ethyl adjacent to an activating group) is 1. The molecule has 1 N–H and O–H groups in total. The average Bonchev–Trinajstić information content (AvgIpc) is 3.23. The molecule has 0 aromatic heterocycles. The van der Waals surface area contributed by atoms with E-state index < -0.39 is 26.5 Å². The van der Waals surface area contributed by atoms with Crippen LogP contribution in [0.1, 0.15) is 219 Å². The molecule has 10 heteroatoms. The number of hydrogen-bond acceptors (Lipinski definition) is 7. The number of phosphoric ester groups is 1. The van der Waals surface area contributed by atoms with Crippen LogP contribution in [0, 0.1) is 0 Å². The Labute approximate surface area is 382 Å². The standard InChI is InChI=1S/C52H96NO8P/c1-6-8-10-12-14-16-18-20-21-22-23-24-25-26-27-28-29-30-31-33-35-37-39-41-43-45-52(55)61-50(49-60-62(56,57)59-47-46-53(3,4)5)48-58-51(54)44-42-40-38-36-34-32-19-17-15-13-11-9-7-2/h11,13,17-20,22-23,50H,6-10,12,14-16,21,24-49H2,1-5H3/p+1/b13-11-,19-17-,20-18-,23-22-. The molecule has 0 saturated heterocycles. The molecule has 0 fully saturated rings. The van der Waals surface area contributed by atoms with Crippen LogP contribution in [0.4, 0.5) is 0 Å². The van der Waals surface area contributed by atoms with E-state index in [1.807, 2.05) is 21.1 Å². The van der Waals surface area contributed by atoms with Crippen molar-refractivity contribution in [1.82, 2.24) is 0 Å². The third-order valence-electron chi connectivity index (χ3n) is 10.8. The van der Waals surface area contributed by atoms with Crippen LogP contribution in [0.5, 0.6) is 0 Å². The summed E-state index contributed by atoms with van der Waals surface area (Å²) < 4.78 is 34.4. The van der Waals surface area contributed by atoms with Gasteiger partial charge in [-0.1, -0.05) is 184 Å². The van der Waals surface area contributed by atoms with Gasteiger partial charge in [-0.15, -0.1) is 0 Å². The molecule has 0 bridgehead atoms. The minimum absolute atomic E-state index is 0.0285. The first-order valence-electron chi connectivity index (χ1n) is 25.4. The Hall–Kier alpha value is -2.03. The molecule has 0 aliphatic rings. The summed E-state index contributed by atoms with van der Waals surface area (Å²) >= 11 is 0. The Balaban J connectivity index is 4.19. The number of carbonyl (C=O) groups excluding carboxylic acids is 2. The first kappa shape index (κ1) is 60.0. The second kappa shape index (κ2) is 44.2. The molecular weight excluding hydrogens is 798 g/mol. The van der Waals surface area contributed by atoms with Gasteiger partial charge < -0.3 is 18.9 Å². The molecule has 2 unspecified atom stereocenters. The van der Waals surface area contributed by atoms with Crippen LogP contribution in [0.15, 0.2) is 48.6 Å². The Morgan fingerprint density at radius 1 is 0.500 bits per heavy atom. The van der Waals surface area contributed by atoms with Crippen LogP contribution in [0.2, 0.25) is 0 Å². The van der Waals surface area contributed by atoms with E-state index in [-0.39, 0.29) is 32.0 Å². The minimum Gasteiger partial charge on any atom is -0.462 e. The molecule has 0 rings (SSSR count). The highest BCUT2D eigenvalue weighted by molar-refractivity contribution is 7.47. The fourth-order valence-corrected chi connectivity index (χ4v) is 7.59. The Morgan fingerprint density at radius 3 is 1.34 bits per heavy atom. The smallest absolute Gasteiger partial charge is 0.462 e. The van der Waals surface area contributed by atoms with Gasteiger partial charge in [-0.25, -0.2) is 4.57 Å². The van der Waals surface area contributed by atoms with Crippen molar-refractivity contribution in [1.29, 1.82) is 0 Å². The molecule has 9 nitrogen and oxygen atoms in total. The Morgan fingerprint density at radius 2 is 0.903 bits per heavy atom. The fourth-order valence-electron chi connectivity index (χ4n) is 6.85. The summed E-state index contributed by atoms with van der Waals surface area (Å²) in [7, 11) is 1.47. The van der Waals surface area contributed by atoms with Gasteiger partial charge in [0.2, 0.25) is 0 Å². The largest absolute Gasteiger partial charge is 0.472 e. The lowest BCUT2D eigenvalue weighted by Crippen LogP contribution is -2.37. The zero-order chi connectivity index (χ0) is 45.7. The van der Waals surface area contributed by atoms with Crippen molar-refractivity contribution >= 4 is 19.8 Å². The van der Waals surface area contributed by atoms with Gasteiger partial charge in [-0.3, -0.25) is 18.6 Å². The lowest BCUT2D eigenvalue weighted by molar-refractivity contribution is -0.870. The van der Waals surface area contributed by atoms with Crippen molar-refractivity contribution in [2.75, 3.05) is 47.5 Å². The summed E-state index contributed by atoms with van der Waals surface area (Å²) in [5.74, 6) is -0.813. The molecule has 0 spiro atoms. The molecular formula is C52H97NO8P+. The van der Waals surface area contributed by atoms with E-state index in [4.69, 9.17) is 18.5 Å². The number of hydrogen-bond donors (Lipinski definition) is 1. The van der Waals surface area contributed by atoms with E-state index >= 15 is 0 Å². The van der Waals surface area contributed by atoms with E-state index in [0.717, 1.165) is 77.0 Å². The van der Waals surface area contributed by atoms with Crippen molar-refractivity contribution in [3.8, 4) is 0 Å². The molecule has 0 aliphatic heterocycles. The first-order valence-corrected chi connectivity index (χ1v) is 26.9. The van der Waals surface area contributed by atoms with Crippen LogP contribution in [0.3, 0.4) is 0 Å². The predicted octanol–water partition coefficient (Wildman–Crippen LogP) is 15.0. The van der Waals surface area contributed by atoms with E-state index in [2.05, 4.69) is 62.5 Å². The maximum Gasteiger partial charge on any atom is 0.472 e. The minimum atomic E-state index is -4.38. The number of quaternary nitrogens is 1. The number of esters is 2. The normalized spacial score (nSPS) is 13.8. The van der Waals surface area contributed by atoms with Crippen molar-refractivity contribution in [2.24, 2.45) is 0 Å². The lowest BCUT2D eigenvalue weighted by atomic mass is 10.0. The van der Waals surface area contributed by atoms with Crippen molar-refractivity contribution in [2.45, 2.75) is 225 Å². The molecule has 2 atom stereocenters. The van der Waals surface area contributed by atoms with Gasteiger partial charge >= 0.3 is 19.8 Å². The highest BCUT2D eigenvalue weighted by atomic mass is 31.2. The van der Waals surface area contributed by atoms with E-state index in [1.54, 1.807) is 0 Å².